The van der Waals surface area contributed by atoms with Gasteiger partial charge in [0.1, 0.15) is 18.5 Å². The molecular weight excluding hydrogens is 570 g/mol. The van der Waals surface area contributed by atoms with E-state index >= 15 is 0 Å². The van der Waals surface area contributed by atoms with Crippen LogP contribution in [0.1, 0.15) is 19.3 Å². The van der Waals surface area contributed by atoms with Gasteiger partial charge in [-0.1, -0.05) is 18.2 Å². The molecule has 2 aliphatic rings. The van der Waals surface area contributed by atoms with Crippen LogP contribution < -0.4 is 14.8 Å². The van der Waals surface area contributed by atoms with Crippen molar-refractivity contribution in [3.05, 3.63) is 60.8 Å². The predicted molar refractivity (Wildman–Crippen MR) is 151 cm³/mol. The van der Waals surface area contributed by atoms with Crippen LogP contribution in [0.4, 0.5) is 0 Å². The molecule has 1 aromatic heterocycles. The van der Waals surface area contributed by atoms with Crippen LogP contribution in [-0.4, -0.2) is 94.1 Å². The number of H-pyrrole nitrogens is 1. The zero-order chi connectivity index (χ0) is 29.1. The number of hydrogen-bond acceptors (Lipinski definition) is 9. The topological polar surface area (TPSA) is 163 Å². The average molecular weight is 606 g/mol. The van der Waals surface area contributed by atoms with Crippen molar-refractivity contribution in [2.75, 3.05) is 39.9 Å². The summed E-state index contributed by atoms with van der Waals surface area (Å²) >= 11 is 0. The first-order valence-corrected chi connectivity index (χ1v) is 16.3. The summed E-state index contributed by atoms with van der Waals surface area (Å²) < 4.78 is 66.3. The number of ether oxygens (including phenoxy) is 2. The van der Waals surface area contributed by atoms with Gasteiger partial charge in [-0.2, -0.15) is 9.40 Å². The number of nitrogens with zero attached hydrogens (tertiary/aromatic N) is 2. The number of hydrogen-bond donors (Lipinski definition) is 4. The number of aliphatic hydroxyl groups excluding tert-OH is 1. The monoisotopic (exact) mass is 605 g/mol. The lowest BCUT2D eigenvalue weighted by Gasteiger charge is -2.38. The molecule has 3 aromatic rings. The molecule has 3 heterocycles. The van der Waals surface area contributed by atoms with Crippen molar-refractivity contribution in [1.82, 2.24) is 24.5 Å². The minimum absolute atomic E-state index is 0.0110. The number of benzene rings is 2. The second-order valence-electron chi connectivity index (χ2n) is 10.3. The molecule has 2 atom stereocenters. The molecule has 0 radical (unpaired) electrons. The Kier molecular flexibility index (Phi) is 8.80. The van der Waals surface area contributed by atoms with Crippen molar-refractivity contribution >= 4 is 20.0 Å². The Labute approximate surface area is 240 Å². The van der Waals surface area contributed by atoms with E-state index in [1.165, 1.54) is 23.5 Å². The molecule has 12 nitrogen and oxygen atoms in total. The van der Waals surface area contributed by atoms with Gasteiger partial charge >= 0.3 is 0 Å². The highest BCUT2D eigenvalue weighted by Gasteiger charge is 2.44. The van der Waals surface area contributed by atoms with Gasteiger partial charge in [-0.15, -0.1) is 0 Å². The van der Waals surface area contributed by atoms with E-state index in [1.807, 2.05) is 6.07 Å². The number of aliphatic hydroxyl groups is 1. The zero-order valence-corrected chi connectivity index (χ0v) is 24.3. The normalized spacial score (nSPS) is 20.3. The number of rotatable bonds is 11. The lowest BCUT2D eigenvalue weighted by Crippen LogP contribution is -2.47. The first-order chi connectivity index (χ1) is 19.6. The maximum absolute atomic E-state index is 13.4. The van der Waals surface area contributed by atoms with Gasteiger partial charge in [0.2, 0.25) is 20.0 Å². The van der Waals surface area contributed by atoms with E-state index in [-0.39, 0.29) is 29.0 Å². The molecule has 0 bridgehead atoms. The SMILES string of the molecule is CNS(=O)(=O)c1cccc(OC[C@@H](O)CN[C@@H]2COC3(CCN(S(=O)(=O)c4cccc(-c5cc[nH]n5)c4)CC3)C2)c1. The predicted octanol–water partition coefficient (Wildman–Crippen LogP) is 1.33. The van der Waals surface area contributed by atoms with E-state index in [1.54, 1.807) is 42.6 Å². The van der Waals surface area contributed by atoms with E-state index < -0.39 is 31.8 Å². The highest BCUT2D eigenvalue weighted by atomic mass is 32.2. The van der Waals surface area contributed by atoms with Crippen molar-refractivity contribution < 1.29 is 31.4 Å². The van der Waals surface area contributed by atoms with E-state index in [0.29, 0.717) is 50.4 Å². The largest absolute Gasteiger partial charge is 0.491 e. The smallest absolute Gasteiger partial charge is 0.243 e. The molecule has 4 N–H and O–H groups in total. The number of aromatic amines is 1. The number of sulfonamides is 2. The first kappa shape index (κ1) is 29.6. The fraction of sp³-hybridized carbons (Fsp3) is 0.444. The van der Waals surface area contributed by atoms with E-state index in [2.05, 4.69) is 20.2 Å². The Hall–Kier alpha value is -2.85. The summed E-state index contributed by atoms with van der Waals surface area (Å²) in [7, 11) is -5.91. The summed E-state index contributed by atoms with van der Waals surface area (Å²) in [4.78, 5) is 0.326. The molecule has 1 spiro atoms. The summed E-state index contributed by atoms with van der Waals surface area (Å²) in [5.74, 6) is 0.345. The zero-order valence-electron chi connectivity index (χ0n) is 22.7. The second kappa shape index (κ2) is 12.2. The molecule has 2 saturated heterocycles. The van der Waals surface area contributed by atoms with E-state index in [4.69, 9.17) is 9.47 Å². The minimum Gasteiger partial charge on any atom is -0.491 e. The average Bonchev–Trinajstić information content (AvgIpc) is 3.66. The lowest BCUT2D eigenvalue weighted by atomic mass is 9.88. The minimum atomic E-state index is -3.66. The highest BCUT2D eigenvalue weighted by molar-refractivity contribution is 7.89. The lowest BCUT2D eigenvalue weighted by molar-refractivity contribution is -0.0312. The van der Waals surface area contributed by atoms with E-state index in [0.717, 1.165) is 5.56 Å². The van der Waals surface area contributed by atoms with Gasteiger partial charge in [0, 0.05) is 43.5 Å². The van der Waals surface area contributed by atoms with Crippen molar-refractivity contribution in [2.24, 2.45) is 0 Å². The standard InChI is InChI=1S/C27H35N5O7S2/c1-28-40(34,35)24-6-3-5-23(15-24)38-19-22(33)17-29-21-16-27(39-18-21)9-12-32(13-10-27)41(36,37)25-7-2-4-20(14-25)26-8-11-30-31-26/h2-8,11,14-15,21-22,28-29,33H,9-10,12-13,16-19H2,1H3,(H,30,31)/t21-,22-/m0/s1. The molecule has 5 rings (SSSR count). The molecule has 0 unspecified atom stereocenters. The van der Waals surface area contributed by atoms with Crippen LogP contribution in [0, 0.1) is 0 Å². The maximum Gasteiger partial charge on any atom is 0.243 e. The highest BCUT2D eigenvalue weighted by Crippen LogP contribution is 2.37. The Balaban J connectivity index is 1.09. The number of nitrogens with one attached hydrogen (secondary N) is 3. The van der Waals surface area contributed by atoms with Gasteiger partial charge in [0.05, 0.1) is 27.7 Å². The summed E-state index contributed by atoms with van der Waals surface area (Å²) in [6, 6.07) is 14.7. The Morgan fingerprint density at radius 1 is 1.12 bits per heavy atom. The van der Waals surface area contributed by atoms with Crippen molar-refractivity contribution in [3.63, 3.8) is 0 Å². The number of piperidine rings is 1. The van der Waals surface area contributed by atoms with Gasteiger partial charge < -0.3 is 19.9 Å². The Morgan fingerprint density at radius 3 is 2.61 bits per heavy atom. The van der Waals surface area contributed by atoms with Gasteiger partial charge in [-0.25, -0.2) is 21.6 Å². The molecule has 2 aliphatic heterocycles. The van der Waals surface area contributed by atoms with Crippen LogP contribution in [0.15, 0.2) is 70.6 Å². The molecule has 14 heteroatoms. The molecule has 41 heavy (non-hydrogen) atoms. The van der Waals surface area contributed by atoms with Gasteiger partial charge in [-0.05, 0) is 56.6 Å². The third kappa shape index (κ3) is 6.80. The van der Waals surface area contributed by atoms with Crippen molar-refractivity contribution in [2.45, 2.75) is 46.8 Å². The van der Waals surface area contributed by atoms with Crippen LogP contribution in [0.3, 0.4) is 0 Å². The molecule has 0 amide bonds. The Bertz CT molecular complexity index is 1540. The van der Waals surface area contributed by atoms with Gasteiger partial charge in [0.25, 0.3) is 0 Å². The van der Waals surface area contributed by atoms with Crippen molar-refractivity contribution in [1.29, 1.82) is 0 Å². The fourth-order valence-electron chi connectivity index (χ4n) is 5.25. The summed E-state index contributed by atoms with van der Waals surface area (Å²) in [5, 5.41) is 20.6. The third-order valence-corrected chi connectivity index (χ3v) is 10.9. The van der Waals surface area contributed by atoms with Crippen LogP contribution in [0.5, 0.6) is 5.75 Å². The number of aromatic nitrogens is 2. The molecule has 0 saturated carbocycles. The third-order valence-electron chi connectivity index (χ3n) is 7.58. The first-order valence-electron chi connectivity index (χ1n) is 13.4. The summed E-state index contributed by atoms with van der Waals surface area (Å²) in [6.07, 6.45) is 2.76. The maximum atomic E-state index is 13.4. The van der Waals surface area contributed by atoms with Crippen molar-refractivity contribution in [3.8, 4) is 17.0 Å². The molecule has 2 aromatic carbocycles. The van der Waals surface area contributed by atoms with Gasteiger partial charge in [0.15, 0.2) is 0 Å². The molecule has 0 aliphatic carbocycles. The summed E-state index contributed by atoms with van der Waals surface area (Å²) in [5.41, 5.74) is 1.02. The summed E-state index contributed by atoms with van der Waals surface area (Å²) in [6.45, 7) is 1.45. The van der Waals surface area contributed by atoms with Crippen LogP contribution in [-0.2, 0) is 24.8 Å². The molecule has 222 valence electrons. The van der Waals surface area contributed by atoms with Crippen LogP contribution >= 0.6 is 0 Å². The van der Waals surface area contributed by atoms with Crippen LogP contribution in [0.25, 0.3) is 11.3 Å². The Morgan fingerprint density at radius 2 is 1.88 bits per heavy atom. The quantitative estimate of drug-likeness (QED) is 0.253. The van der Waals surface area contributed by atoms with Crippen LogP contribution in [0.2, 0.25) is 0 Å². The molecule has 2 fully saturated rings. The van der Waals surface area contributed by atoms with Gasteiger partial charge in [-0.3, -0.25) is 5.10 Å². The fourth-order valence-corrected chi connectivity index (χ4v) is 7.50. The molecular formula is C27H35N5O7S2. The van der Waals surface area contributed by atoms with E-state index in [9.17, 15) is 21.9 Å². The second-order valence-corrected chi connectivity index (χ2v) is 14.2.